The van der Waals surface area contributed by atoms with E-state index in [1.54, 1.807) is 0 Å². The van der Waals surface area contributed by atoms with Crippen LogP contribution >= 0.6 is 11.8 Å². The van der Waals surface area contributed by atoms with Crippen LogP contribution in [0.2, 0.25) is 0 Å². The van der Waals surface area contributed by atoms with Crippen molar-refractivity contribution in [3.63, 3.8) is 0 Å². The van der Waals surface area contributed by atoms with Gasteiger partial charge >= 0.3 is 5.97 Å². The summed E-state index contributed by atoms with van der Waals surface area (Å²) in [6.45, 7) is 2.09. The van der Waals surface area contributed by atoms with E-state index in [9.17, 15) is 9.90 Å². The van der Waals surface area contributed by atoms with Crippen LogP contribution in [0.5, 0.6) is 0 Å². The Hall–Kier alpha value is -0.300. The molecule has 2 unspecified atom stereocenters. The number of aliphatic carboxylic acids is 1. The van der Waals surface area contributed by atoms with Crippen LogP contribution in [-0.4, -0.2) is 64.4 Å². The number of carboxylic acids is 1. The van der Waals surface area contributed by atoms with E-state index < -0.39 is 11.5 Å². The van der Waals surface area contributed by atoms with E-state index in [1.165, 1.54) is 11.5 Å². The van der Waals surface area contributed by atoms with Gasteiger partial charge in [-0.05, 0) is 43.6 Å². The van der Waals surface area contributed by atoms with Crippen LogP contribution in [0, 0.1) is 0 Å². The van der Waals surface area contributed by atoms with Crippen LogP contribution in [-0.2, 0) is 9.53 Å². The zero-order chi connectivity index (χ0) is 14.2. The second kappa shape index (κ2) is 5.48. The largest absolute Gasteiger partial charge is 0.480 e. The molecule has 3 aliphatic rings. The zero-order valence-electron chi connectivity index (χ0n) is 11.8. The Morgan fingerprint density at radius 3 is 2.75 bits per heavy atom. The van der Waals surface area contributed by atoms with Gasteiger partial charge in [0, 0.05) is 25.7 Å². The number of nitrogens with zero attached hydrogens (tertiary/aromatic N) is 1. The predicted octanol–water partition coefficient (Wildman–Crippen LogP) is 0.919. The molecule has 0 aromatic heterocycles. The topological polar surface area (TPSA) is 75.8 Å². The van der Waals surface area contributed by atoms with Crippen LogP contribution in [0.1, 0.15) is 32.1 Å². The van der Waals surface area contributed by atoms with Crippen molar-refractivity contribution in [2.24, 2.45) is 5.73 Å². The molecule has 0 bridgehead atoms. The highest BCUT2D eigenvalue weighted by Crippen LogP contribution is 2.40. The van der Waals surface area contributed by atoms with Gasteiger partial charge in [-0.3, -0.25) is 9.69 Å². The van der Waals surface area contributed by atoms with Crippen molar-refractivity contribution in [1.29, 1.82) is 0 Å². The smallest absolute Gasteiger partial charge is 0.325 e. The minimum Gasteiger partial charge on any atom is -0.480 e. The Morgan fingerprint density at radius 1 is 1.35 bits per heavy atom. The number of carbonyl (C=O) groups is 1. The number of hydrogen-bond acceptors (Lipinski definition) is 5. The van der Waals surface area contributed by atoms with Gasteiger partial charge in [-0.25, -0.2) is 0 Å². The van der Waals surface area contributed by atoms with Crippen LogP contribution in [0.4, 0.5) is 0 Å². The Bertz CT molecular complexity index is 381. The Labute approximate surface area is 124 Å². The minimum atomic E-state index is -1.05. The first-order valence-electron chi connectivity index (χ1n) is 7.51. The predicted molar refractivity (Wildman–Crippen MR) is 79.0 cm³/mol. The van der Waals surface area contributed by atoms with Gasteiger partial charge in [0.05, 0.1) is 5.60 Å². The van der Waals surface area contributed by atoms with Gasteiger partial charge < -0.3 is 15.6 Å². The summed E-state index contributed by atoms with van der Waals surface area (Å²) < 4.78 is 6.11. The first kappa shape index (κ1) is 14.6. The summed E-state index contributed by atoms with van der Waals surface area (Å²) in [6, 6.07) is 0.441. The summed E-state index contributed by atoms with van der Waals surface area (Å²) >= 11 is 2.01. The summed E-state index contributed by atoms with van der Waals surface area (Å²) in [5.74, 6) is 1.50. The number of nitrogens with two attached hydrogens (primary N) is 1. The summed E-state index contributed by atoms with van der Waals surface area (Å²) in [5, 5.41) is 9.25. The molecule has 114 valence electrons. The lowest BCUT2D eigenvalue weighted by Crippen LogP contribution is -2.54. The standard InChI is InChI=1S/C14H24N2O3S/c15-14(12(17)18)2-5-16(10-14)11-1-6-19-13(9-11)3-7-20-8-4-13/h11H,1-10,15H2,(H,17,18). The van der Waals surface area contributed by atoms with E-state index in [0.717, 1.165) is 38.8 Å². The van der Waals surface area contributed by atoms with E-state index >= 15 is 0 Å². The highest BCUT2D eigenvalue weighted by Gasteiger charge is 2.46. The van der Waals surface area contributed by atoms with Gasteiger partial charge in [0.25, 0.3) is 0 Å². The summed E-state index contributed by atoms with van der Waals surface area (Å²) in [5.41, 5.74) is 5.00. The van der Waals surface area contributed by atoms with E-state index in [1.807, 2.05) is 11.8 Å². The lowest BCUT2D eigenvalue weighted by molar-refractivity contribution is -0.143. The number of likely N-dealkylation sites (tertiary alicyclic amines) is 1. The normalized spacial score (nSPS) is 38.1. The average Bonchev–Trinajstić information content (AvgIpc) is 2.84. The van der Waals surface area contributed by atoms with Crippen molar-refractivity contribution in [2.75, 3.05) is 31.2 Å². The maximum Gasteiger partial charge on any atom is 0.325 e. The lowest BCUT2D eigenvalue weighted by Gasteiger charge is -2.45. The molecule has 0 aliphatic carbocycles. The van der Waals surface area contributed by atoms with E-state index in [4.69, 9.17) is 10.5 Å². The van der Waals surface area contributed by atoms with Crippen LogP contribution in [0.3, 0.4) is 0 Å². The van der Waals surface area contributed by atoms with Gasteiger partial charge in [0.1, 0.15) is 5.54 Å². The van der Waals surface area contributed by atoms with Gasteiger partial charge in [-0.15, -0.1) is 0 Å². The fourth-order valence-electron chi connectivity index (χ4n) is 3.76. The zero-order valence-corrected chi connectivity index (χ0v) is 12.7. The number of rotatable bonds is 2. The molecule has 3 fully saturated rings. The molecule has 3 saturated heterocycles. The molecule has 1 spiro atoms. The average molecular weight is 300 g/mol. The van der Waals surface area contributed by atoms with Crippen molar-refractivity contribution in [3.05, 3.63) is 0 Å². The van der Waals surface area contributed by atoms with E-state index in [-0.39, 0.29) is 5.60 Å². The van der Waals surface area contributed by atoms with Crippen LogP contribution in [0.25, 0.3) is 0 Å². The van der Waals surface area contributed by atoms with Crippen molar-refractivity contribution in [1.82, 2.24) is 4.90 Å². The van der Waals surface area contributed by atoms with Gasteiger partial charge in [-0.2, -0.15) is 11.8 Å². The van der Waals surface area contributed by atoms with Gasteiger partial charge in [0.15, 0.2) is 0 Å². The Morgan fingerprint density at radius 2 is 2.10 bits per heavy atom. The minimum absolute atomic E-state index is 0.0528. The molecular weight excluding hydrogens is 276 g/mol. The number of carboxylic acid groups (broad SMARTS) is 1. The molecule has 0 aromatic carbocycles. The molecule has 2 atom stereocenters. The maximum absolute atomic E-state index is 11.3. The highest BCUT2D eigenvalue weighted by molar-refractivity contribution is 7.99. The fourth-order valence-corrected chi connectivity index (χ4v) is 4.99. The van der Waals surface area contributed by atoms with Crippen molar-refractivity contribution >= 4 is 17.7 Å². The molecule has 0 aromatic rings. The highest BCUT2D eigenvalue weighted by atomic mass is 32.2. The molecule has 3 N–H and O–H groups in total. The second-order valence-electron chi connectivity index (χ2n) is 6.47. The molecule has 0 radical (unpaired) electrons. The van der Waals surface area contributed by atoms with Crippen molar-refractivity contribution in [2.45, 2.75) is 49.3 Å². The second-order valence-corrected chi connectivity index (χ2v) is 7.70. The molecule has 6 heteroatoms. The monoisotopic (exact) mass is 300 g/mol. The molecule has 0 saturated carbocycles. The quantitative estimate of drug-likeness (QED) is 0.790. The van der Waals surface area contributed by atoms with Crippen molar-refractivity contribution in [3.8, 4) is 0 Å². The van der Waals surface area contributed by atoms with Crippen molar-refractivity contribution < 1.29 is 14.6 Å². The molecular formula is C14H24N2O3S. The Kier molecular flexibility index (Phi) is 4.01. The molecule has 0 amide bonds. The van der Waals surface area contributed by atoms with E-state index in [2.05, 4.69) is 4.90 Å². The molecule has 3 rings (SSSR count). The molecule has 20 heavy (non-hydrogen) atoms. The Balaban J connectivity index is 1.64. The van der Waals surface area contributed by atoms with Gasteiger partial charge in [0.2, 0.25) is 0 Å². The third kappa shape index (κ3) is 2.71. The number of thioether (sulfide) groups is 1. The fraction of sp³-hybridized carbons (Fsp3) is 0.929. The van der Waals surface area contributed by atoms with Crippen LogP contribution < -0.4 is 5.73 Å². The SMILES string of the molecule is NC1(C(=O)O)CCN(C2CCOC3(CCSCC3)C2)C1. The first-order valence-corrected chi connectivity index (χ1v) is 8.67. The van der Waals surface area contributed by atoms with Crippen LogP contribution in [0.15, 0.2) is 0 Å². The molecule has 3 heterocycles. The first-order chi connectivity index (χ1) is 9.53. The summed E-state index contributed by atoms with van der Waals surface area (Å²) in [4.78, 5) is 13.6. The lowest BCUT2D eigenvalue weighted by atomic mass is 9.85. The number of hydrogen-bond donors (Lipinski definition) is 2. The maximum atomic E-state index is 11.3. The molecule has 3 aliphatic heterocycles. The third-order valence-electron chi connectivity index (χ3n) is 5.14. The van der Waals surface area contributed by atoms with E-state index in [0.29, 0.717) is 19.0 Å². The summed E-state index contributed by atoms with van der Waals surface area (Å²) in [7, 11) is 0. The number of ether oxygens (including phenoxy) is 1. The molecule has 5 nitrogen and oxygen atoms in total. The summed E-state index contributed by atoms with van der Waals surface area (Å²) in [6.07, 6.45) is 4.87. The van der Waals surface area contributed by atoms with Gasteiger partial charge in [-0.1, -0.05) is 0 Å². The third-order valence-corrected chi connectivity index (χ3v) is 6.13.